The fraction of sp³-hybridized carbons (Fsp3) is 0.625. The summed E-state index contributed by atoms with van der Waals surface area (Å²) in [6.45, 7) is 6.15. The minimum Gasteiger partial charge on any atom is -0.402 e. The fourth-order valence-electron chi connectivity index (χ4n) is 0.455. The van der Waals surface area contributed by atoms with Gasteiger partial charge in [-0.1, -0.05) is 33.0 Å². The lowest BCUT2D eigenvalue weighted by Crippen LogP contribution is -2.06. The third kappa shape index (κ3) is 3.62. The normalized spacial score (nSPS) is 12.2. The van der Waals surface area contributed by atoms with Crippen LogP contribution >= 0.6 is 12.2 Å². The third-order valence-corrected chi connectivity index (χ3v) is 1.75. The van der Waals surface area contributed by atoms with Crippen LogP contribution in [0.2, 0.25) is 0 Å². The molecule has 0 aliphatic heterocycles. The Morgan fingerprint density at radius 1 is 1.60 bits per heavy atom. The van der Waals surface area contributed by atoms with Crippen LogP contribution in [0.25, 0.3) is 0 Å². The minimum absolute atomic E-state index is 0.407. The van der Waals surface area contributed by atoms with Gasteiger partial charge in [0.05, 0.1) is 0 Å². The van der Waals surface area contributed by atoms with Gasteiger partial charge in [0.1, 0.15) is 0 Å². The van der Waals surface area contributed by atoms with Gasteiger partial charge in [0.2, 0.25) is 0 Å². The number of allylic oxidation sites excluding steroid dienone is 2. The maximum atomic E-state index is 5.67. The van der Waals surface area contributed by atoms with E-state index in [0.29, 0.717) is 5.92 Å². The van der Waals surface area contributed by atoms with Crippen LogP contribution in [-0.4, -0.2) is 4.86 Å². The molecule has 0 spiro atoms. The van der Waals surface area contributed by atoms with Crippen molar-refractivity contribution in [2.24, 2.45) is 11.7 Å². The standard InChI is InChI=1S/C8H15NS/c1-4-7(10)5-8(9)6(2)3/h5-6H,4,9H2,1-3H3/b8-5-. The summed E-state index contributed by atoms with van der Waals surface area (Å²) >= 11 is 4.99. The highest BCUT2D eigenvalue weighted by Crippen LogP contribution is 2.03. The van der Waals surface area contributed by atoms with Gasteiger partial charge in [-0.05, 0) is 18.4 Å². The third-order valence-electron chi connectivity index (χ3n) is 1.34. The van der Waals surface area contributed by atoms with E-state index in [1.165, 1.54) is 0 Å². The first-order chi connectivity index (χ1) is 4.57. The van der Waals surface area contributed by atoms with Crippen LogP contribution in [0, 0.1) is 5.92 Å². The summed E-state index contributed by atoms with van der Waals surface area (Å²) in [6.07, 6.45) is 2.79. The maximum absolute atomic E-state index is 5.67. The molecule has 0 aromatic heterocycles. The Balaban J connectivity index is 4.03. The lowest BCUT2D eigenvalue weighted by molar-refractivity contribution is 0.758. The van der Waals surface area contributed by atoms with Crippen LogP contribution < -0.4 is 5.73 Å². The lowest BCUT2D eigenvalue weighted by atomic mass is 10.1. The summed E-state index contributed by atoms with van der Waals surface area (Å²) in [5.41, 5.74) is 6.55. The van der Waals surface area contributed by atoms with Crippen LogP contribution in [0.1, 0.15) is 27.2 Å². The fourth-order valence-corrected chi connectivity index (χ4v) is 0.591. The van der Waals surface area contributed by atoms with E-state index < -0.39 is 0 Å². The predicted octanol–water partition coefficient (Wildman–Crippen LogP) is 2.26. The number of hydrogen-bond acceptors (Lipinski definition) is 2. The highest BCUT2D eigenvalue weighted by atomic mass is 32.1. The molecule has 0 bridgehead atoms. The van der Waals surface area contributed by atoms with Gasteiger partial charge in [-0.15, -0.1) is 0 Å². The molecular weight excluding hydrogens is 142 g/mol. The van der Waals surface area contributed by atoms with Crippen molar-refractivity contribution < 1.29 is 0 Å². The SMILES string of the molecule is CCC(=S)/C=C(\N)C(C)C. The van der Waals surface area contributed by atoms with Gasteiger partial charge in [0.15, 0.2) is 0 Å². The summed E-state index contributed by atoms with van der Waals surface area (Å²) in [4.78, 5) is 0.936. The molecule has 0 aromatic carbocycles. The monoisotopic (exact) mass is 157 g/mol. The molecule has 0 saturated carbocycles. The Labute approximate surface area is 68.3 Å². The van der Waals surface area contributed by atoms with E-state index in [0.717, 1.165) is 17.0 Å². The van der Waals surface area contributed by atoms with Crippen molar-refractivity contribution in [3.8, 4) is 0 Å². The van der Waals surface area contributed by atoms with Gasteiger partial charge in [0, 0.05) is 10.6 Å². The van der Waals surface area contributed by atoms with E-state index in [1.54, 1.807) is 0 Å². The highest BCUT2D eigenvalue weighted by molar-refractivity contribution is 7.80. The van der Waals surface area contributed by atoms with E-state index in [4.69, 9.17) is 18.0 Å². The molecule has 1 nitrogen and oxygen atoms in total. The largest absolute Gasteiger partial charge is 0.402 e. The topological polar surface area (TPSA) is 26.0 Å². The van der Waals surface area contributed by atoms with Crippen LogP contribution in [0.4, 0.5) is 0 Å². The number of nitrogens with two attached hydrogens (primary N) is 1. The van der Waals surface area contributed by atoms with Crippen LogP contribution in [-0.2, 0) is 0 Å². The molecule has 0 aliphatic rings. The van der Waals surface area contributed by atoms with Gasteiger partial charge in [-0.2, -0.15) is 0 Å². The number of rotatable bonds is 3. The Bertz CT molecular complexity index is 147. The second-order valence-electron chi connectivity index (χ2n) is 2.62. The smallest absolute Gasteiger partial charge is 0.0166 e. The quantitative estimate of drug-likeness (QED) is 0.502. The summed E-state index contributed by atoms with van der Waals surface area (Å²) in [7, 11) is 0. The average Bonchev–Trinajstić information content (AvgIpc) is 1.87. The zero-order chi connectivity index (χ0) is 8.15. The summed E-state index contributed by atoms with van der Waals surface area (Å²) in [5.74, 6) is 0.407. The van der Waals surface area contributed by atoms with Gasteiger partial charge >= 0.3 is 0 Å². The number of thiocarbonyl (C=S) groups is 1. The molecule has 0 aromatic rings. The molecular formula is C8H15NS. The first-order valence-corrected chi connectivity index (χ1v) is 3.98. The average molecular weight is 157 g/mol. The summed E-state index contributed by atoms with van der Waals surface area (Å²) in [5, 5.41) is 0. The summed E-state index contributed by atoms with van der Waals surface area (Å²) < 4.78 is 0. The molecule has 0 saturated heterocycles. The van der Waals surface area contributed by atoms with Crippen molar-refractivity contribution in [2.75, 3.05) is 0 Å². The van der Waals surface area contributed by atoms with Crippen molar-refractivity contribution in [2.45, 2.75) is 27.2 Å². The van der Waals surface area contributed by atoms with Gasteiger partial charge in [-0.3, -0.25) is 0 Å². The van der Waals surface area contributed by atoms with Crippen molar-refractivity contribution in [3.63, 3.8) is 0 Å². The van der Waals surface area contributed by atoms with E-state index >= 15 is 0 Å². The van der Waals surface area contributed by atoms with Crippen molar-refractivity contribution in [3.05, 3.63) is 11.8 Å². The van der Waals surface area contributed by atoms with Gasteiger partial charge in [-0.25, -0.2) is 0 Å². The van der Waals surface area contributed by atoms with E-state index in [-0.39, 0.29) is 0 Å². The zero-order valence-corrected chi connectivity index (χ0v) is 7.66. The molecule has 0 atom stereocenters. The molecule has 2 N–H and O–H groups in total. The first kappa shape index (κ1) is 9.63. The molecule has 0 amide bonds. The van der Waals surface area contributed by atoms with Gasteiger partial charge < -0.3 is 5.73 Å². The van der Waals surface area contributed by atoms with E-state index in [9.17, 15) is 0 Å². The molecule has 0 rings (SSSR count). The van der Waals surface area contributed by atoms with Crippen LogP contribution in [0.15, 0.2) is 11.8 Å². The minimum atomic E-state index is 0.407. The predicted molar refractivity (Wildman–Crippen MR) is 50.0 cm³/mol. The molecule has 10 heavy (non-hydrogen) atoms. The maximum Gasteiger partial charge on any atom is 0.0166 e. The van der Waals surface area contributed by atoms with Crippen molar-refractivity contribution >= 4 is 17.1 Å². The van der Waals surface area contributed by atoms with Crippen LogP contribution in [0.3, 0.4) is 0 Å². The first-order valence-electron chi connectivity index (χ1n) is 3.57. The molecule has 0 aliphatic carbocycles. The van der Waals surface area contributed by atoms with Crippen molar-refractivity contribution in [1.82, 2.24) is 0 Å². The second-order valence-corrected chi connectivity index (χ2v) is 3.14. The zero-order valence-electron chi connectivity index (χ0n) is 6.85. The van der Waals surface area contributed by atoms with E-state index in [2.05, 4.69) is 13.8 Å². The molecule has 0 radical (unpaired) electrons. The highest BCUT2D eigenvalue weighted by Gasteiger charge is 1.96. The van der Waals surface area contributed by atoms with E-state index in [1.807, 2.05) is 13.0 Å². The second kappa shape index (κ2) is 4.45. The molecule has 58 valence electrons. The Morgan fingerprint density at radius 2 is 2.10 bits per heavy atom. The molecule has 0 fully saturated rings. The lowest BCUT2D eigenvalue weighted by Gasteiger charge is -2.03. The molecule has 0 heterocycles. The van der Waals surface area contributed by atoms with Crippen LogP contribution in [0.5, 0.6) is 0 Å². The Kier molecular flexibility index (Phi) is 4.28. The Morgan fingerprint density at radius 3 is 2.40 bits per heavy atom. The molecule has 2 heteroatoms. The molecule has 0 unspecified atom stereocenters. The van der Waals surface area contributed by atoms with Crippen molar-refractivity contribution in [1.29, 1.82) is 0 Å². The van der Waals surface area contributed by atoms with Gasteiger partial charge in [0.25, 0.3) is 0 Å². The summed E-state index contributed by atoms with van der Waals surface area (Å²) in [6, 6.07) is 0. The number of hydrogen-bond donors (Lipinski definition) is 1. The Hall–Kier alpha value is -0.370.